The zero-order valence-electron chi connectivity index (χ0n) is 13.3. The lowest BCUT2D eigenvalue weighted by molar-refractivity contribution is -0.0228. The Morgan fingerprint density at radius 2 is 2.04 bits per heavy atom. The van der Waals surface area contributed by atoms with Gasteiger partial charge in [0.25, 0.3) is 5.91 Å². The van der Waals surface area contributed by atoms with E-state index in [-0.39, 0.29) is 12.0 Å². The van der Waals surface area contributed by atoms with Crippen LogP contribution in [-0.2, 0) is 11.8 Å². The molecule has 120 valence electrons. The minimum atomic E-state index is -0.0463. The molecule has 0 unspecified atom stereocenters. The molecule has 2 heterocycles. The van der Waals surface area contributed by atoms with Gasteiger partial charge in [-0.15, -0.1) is 0 Å². The second-order valence-corrected chi connectivity index (χ2v) is 6.36. The van der Waals surface area contributed by atoms with Crippen LogP contribution in [0.3, 0.4) is 0 Å². The predicted octanol–water partition coefficient (Wildman–Crippen LogP) is 2.51. The molecule has 1 amide bonds. The molecule has 2 aliphatic rings. The lowest BCUT2D eigenvalue weighted by atomic mass is 10.1. The normalized spacial score (nSPS) is 21.4. The second kappa shape index (κ2) is 5.81. The van der Waals surface area contributed by atoms with Crippen LogP contribution in [0.25, 0.3) is 0 Å². The molecule has 1 atom stereocenters. The molecule has 1 aliphatic carbocycles. The molecule has 4 rings (SSSR count). The van der Waals surface area contributed by atoms with Gasteiger partial charge in [-0.2, -0.15) is 5.10 Å². The third kappa shape index (κ3) is 2.77. The molecule has 23 heavy (non-hydrogen) atoms. The molecular formula is C18H21N3O2. The van der Waals surface area contributed by atoms with E-state index in [2.05, 4.69) is 17.2 Å². The molecular weight excluding hydrogens is 290 g/mol. The fourth-order valence-corrected chi connectivity index (χ4v) is 3.33. The van der Waals surface area contributed by atoms with Gasteiger partial charge in [0.15, 0.2) is 0 Å². The first kappa shape index (κ1) is 14.5. The largest absolute Gasteiger partial charge is 0.370 e. The minimum absolute atomic E-state index is 0.0463. The monoisotopic (exact) mass is 311 g/mol. The van der Waals surface area contributed by atoms with Crippen molar-refractivity contribution in [1.29, 1.82) is 0 Å². The molecule has 2 aromatic rings. The smallest absolute Gasteiger partial charge is 0.257 e. The highest BCUT2D eigenvalue weighted by Crippen LogP contribution is 2.41. The van der Waals surface area contributed by atoms with Crippen LogP contribution in [0.2, 0.25) is 0 Å². The summed E-state index contributed by atoms with van der Waals surface area (Å²) in [6.45, 7) is 1.81. The number of carbonyl (C=O) groups is 1. The van der Waals surface area contributed by atoms with E-state index in [1.54, 1.807) is 6.20 Å². The molecule has 5 nitrogen and oxygen atoms in total. The predicted molar refractivity (Wildman–Crippen MR) is 86.2 cm³/mol. The van der Waals surface area contributed by atoms with Crippen molar-refractivity contribution < 1.29 is 9.53 Å². The van der Waals surface area contributed by atoms with E-state index in [0.29, 0.717) is 25.6 Å². The van der Waals surface area contributed by atoms with Gasteiger partial charge in [-0.05, 0) is 18.4 Å². The Hall–Kier alpha value is -2.14. The SMILES string of the molecule is Cn1ncc(C(=O)N2CCO[C@H](c3ccccc3)C2)c1C1CC1. The Balaban J connectivity index is 1.55. The van der Waals surface area contributed by atoms with E-state index in [1.165, 1.54) is 0 Å². The fraction of sp³-hybridized carbons (Fsp3) is 0.444. The van der Waals surface area contributed by atoms with Gasteiger partial charge in [0.2, 0.25) is 0 Å². The van der Waals surface area contributed by atoms with Crippen molar-refractivity contribution in [2.75, 3.05) is 19.7 Å². The van der Waals surface area contributed by atoms with Crippen LogP contribution in [0.15, 0.2) is 36.5 Å². The third-order valence-corrected chi connectivity index (χ3v) is 4.70. The highest BCUT2D eigenvalue weighted by atomic mass is 16.5. The van der Waals surface area contributed by atoms with E-state index in [1.807, 2.05) is 34.8 Å². The summed E-state index contributed by atoms with van der Waals surface area (Å²) in [7, 11) is 1.93. The number of ether oxygens (including phenoxy) is 1. The van der Waals surface area contributed by atoms with Crippen molar-refractivity contribution in [3.63, 3.8) is 0 Å². The Bertz CT molecular complexity index is 706. The first-order chi connectivity index (χ1) is 11.2. The van der Waals surface area contributed by atoms with Crippen LogP contribution in [0.1, 0.15) is 46.5 Å². The molecule has 0 spiro atoms. The average Bonchev–Trinajstić information content (AvgIpc) is 3.37. The molecule has 2 fully saturated rings. The van der Waals surface area contributed by atoms with Gasteiger partial charge in [-0.25, -0.2) is 0 Å². The molecule has 0 bridgehead atoms. The number of rotatable bonds is 3. The molecule has 1 saturated heterocycles. The van der Waals surface area contributed by atoms with Crippen molar-refractivity contribution in [1.82, 2.24) is 14.7 Å². The Morgan fingerprint density at radius 1 is 1.26 bits per heavy atom. The van der Waals surface area contributed by atoms with Gasteiger partial charge < -0.3 is 9.64 Å². The maximum absolute atomic E-state index is 13.0. The number of hydrogen-bond donors (Lipinski definition) is 0. The van der Waals surface area contributed by atoms with Crippen LogP contribution < -0.4 is 0 Å². The van der Waals surface area contributed by atoms with E-state index < -0.39 is 0 Å². The summed E-state index contributed by atoms with van der Waals surface area (Å²) in [5.74, 6) is 0.594. The van der Waals surface area contributed by atoms with Gasteiger partial charge >= 0.3 is 0 Å². The summed E-state index contributed by atoms with van der Waals surface area (Å²) in [5, 5.41) is 4.31. The lowest BCUT2D eigenvalue weighted by Crippen LogP contribution is -2.42. The number of aryl methyl sites for hydroxylation is 1. The van der Waals surface area contributed by atoms with Crippen molar-refractivity contribution >= 4 is 5.91 Å². The number of carbonyl (C=O) groups excluding carboxylic acids is 1. The maximum Gasteiger partial charge on any atom is 0.257 e. The summed E-state index contributed by atoms with van der Waals surface area (Å²) < 4.78 is 7.72. The molecule has 0 radical (unpaired) electrons. The van der Waals surface area contributed by atoms with Gasteiger partial charge in [0.05, 0.1) is 30.6 Å². The van der Waals surface area contributed by atoms with Crippen LogP contribution >= 0.6 is 0 Å². The summed E-state index contributed by atoms with van der Waals surface area (Å²) in [4.78, 5) is 14.9. The van der Waals surface area contributed by atoms with Crippen molar-refractivity contribution in [2.45, 2.75) is 24.9 Å². The topological polar surface area (TPSA) is 47.4 Å². The van der Waals surface area contributed by atoms with E-state index >= 15 is 0 Å². The highest BCUT2D eigenvalue weighted by molar-refractivity contribution is 5.95. The van der Waals surface area contributed by atoms with Gasteiger partial charge in [-0.1, -0.05) is 30.3 Å². The highest BCUT2D eigenvalue weighted by Gasteiger charge is 2.34. The van der Waals surface area contributed by atoms with E-state index in [4.69, 9.17) is 4.74 Å². The number of benzene rings is 1. The van der Waals surface area contributed by atoms with Crippen LogP contribution in [0.4, 0.5) is 0 Å². The van der Waals surface area contributed by atoms with Crippen molar-refractivity contribution in [2.24, 2.45) is 7.05 Å². The third-order valence-electron chi connectivity index (χ3n) is 4.70. The molecule has 0 N–H and O–H groups in total. The molecule has 1 aromatic carbocycles. The Kier molecular flexibility index (Phi) is 3.65. The van der Waals surface area contributed by atoms with E-state index in [0.717, 1.165) is 29.7 Å². The first-order valence-corrected chi connectivity index (χ1v) is 8.22. The van der Waals surface area contributed by atoms with Crippen LogP contribution in [0.5, 0.6) is 0 Å². The van der Waals surface area contributed by atoms with Gasteiger partial charge in [0.1, 0.15) is 6.10 Å². The summed E-state index contributed by atoms with van der Waals surface area (Å²) >= 11 is 0. The lowest BCUT2D eigenvalue weighted by Gasteiger charge is -2.33. The maximum atomic E-state index is 13.0. The summed E-state index contributed by atoms with van der Waals surface area (Å²) in [6, 6.07) is 10.1. The number of amides is 1. The quantitative estimate of drug-likeness (QED) is 0.875. The zero-order valence-corrected chi connectivity index (χ0v) is 13.3. The fourth-order valence-electron chi connectivity index (χ4n) is 3.33. The number of nitrogens with zero attached hydrogens (tertiary/aromatic N) is 3. The molecule has 5 heteroatoms. The van der Waals surface area contributed by atoms with Crippen LogP contribution in [-0.4, -0.2) is 40.3 Å². The average molecular weight is 311 g/mol. The van der Waals surface area contributed by atoms with Crippen molar-refractivity contribution in [3.8, 4) is 0 Å². The summed E-state index contributed by atoms with van der Waals surface area (Å²) in [5.41, 5.74) is 2.99. The molecule has 1 aromatic heterocycles. The van der Waals surface area contributed by atoms with Gasteiger partial charge in [-0.3, -0.25) is 9.48 Å². The zero-order chi connectivity index (χ0) is 15.8. The Morgan fingerprint density at radius 3 is 2.78 bits per heavy atom. The Labute approximate surface area is 135 Å². The standard InChI is InChI=1S/C18H21N3O2/c1-20-17(14-7-8-14)15(11-19-20)18(22)21-9-10-23-16(12-21)13-5-3-2-4-6-13/h2-6,11,14,16H,7-10,12H2,1H3/t16-/m0/s1. The molecule has 1 saturated carbocycles. The number of hydrogen-bond acceptors (Lipinski definition) is 3. The number of morpholine rings is 1. The summed E-state index contributed by atoms with van der Waals surface area (Å²) in [6.07, 6.45) is 4.00. The minimum Gasteiger partial charge on any atom is -0.370 e. The first-order valence-electron chi connectivity index (χ1n) is 8.22. The second-order valence-electron chi connectivity index (χ2n) is 6.36. The van der Waals surface area contributed by atoms with Gasteiger partial charge in [0, 0.05) is 19.5 Å². The van der Waals surface area contributed by atoms with Crippen molar-refractivity contribution in [3.05, 3.63) is 53.3 Å². The molecule has 1 aliphatic heterocycles. The van der Waals surface area contributed by atoms with E-state index in [9.17, 15) is 4.79 Å². The number of aromatic nitrogens is 2. The van der Waals surface area contributed by atoms with Crippen LogP contribution in [0, 0.1) is 0 Å².